The molecule has 0 atom stereocenters. The van der Waals surface area contributed by atoms with Crippen LogP contribution in [0, 0.1) is 0 Å². The quantitative estimate of drug-likeness (QED) is 0.423. The van der Waals surface area contributed by atoms with Gasteiger partial charge in [-0.2, -0.15) is 0 Å². The monoisotopic (exact) mass is 490 g/mol. The maximum Gasteiger partial charge on any atom is 0.281 e. The second kappa shape index (κ2) is 9.89. The van der Waals surface area contributed by atoms with Gasteiger partial charge in [0.25, 0.3) is 5.91 Å². The molecule has 1 aromatic heterocycles. The highest BCUT2D eigenvalue weighted by Crippen LogP contribution is 2.28. The Labute approximate surface area is 208 Å². The van der Waals surface area contributed by atoms with Crippen LogP contribution in [0.2, 0.25) is 0 Å². The third kappa shape index (κ3) is 4.65. The minimum absolute atomic E-state index is 0.0474. The van der Waals surface area contributed by atoms with E-state index in [1.165, 1.54) is 4.90 Å². The number of thiocarbonyl (C=S) groups is 1. The molecule has 3 heterocycles. The zero-order chi connectivity index (χ0) is 24.4. The number of amides is 2. The summed E-state index contributed by atoms with van der Waals surface area (Å²) in [4.78, 5) is 29.4. The maximum absolute atomic E-state index is 13.3. The van der Waals surface area contributed by atoms with E-state index in [-0.39, 0.29) is 18.4 Å². The van der Waals surface area contributed by atoms with Crippen molar-refractivity contribution in [1.29, 1.82) is 0 Å². The van der Waals surface area contributed by atoms with Crippen molar-refractivity contribution in [2.45, 2.75) is 13.5 Å². The van der Waals surface area contributed by atoms with E-state index in [1.807, 2.05) is 71.1 Å². The first kappa shape index (κ1) is 23.1. The molecular formula is C26H26N4O4S. The molecule has 0 unspecified atom stereocenters. The van der Waals surface area contributed by atoms with Crippen molar-refractivity contribution in [2.75, 3.05) is 37.8 Å². The molecule has 2 saturated heterocycles. The Morgan fingerprint density at radius 1 is 1.14 bits per heavy atom. The summed E-state index contributed by atoms with van der Waals surface area (Å²) in [6, 6.07) is 15.1. The van der Waals surface area contributed by atoms with Gasteiger partial charge in [0.05, 0.1) is 25.5 Å². The Kier molecular flexibility index (Phi) is 6.52. The van der Waals surface area contributed by atoms with Crippen LogP contribution in [0.15, 0.2) is 60.4 Å². The van der Waals surface area contributed by atoms with E-state index < -0.39 is 0 Å². The van der Waals surface area contributed by atoms with Crippen molar-refractivity contribution in [2.24, 2.45) is 0 Å². The van der Waals surface area contributed by atoms with Crippen LogP contribution >= 0.6 is 12.2 Å². The number of ether oxygens (including phenoxy) is 2. The van der Waals surface area contributed by atoms with E-state index >= 15 is 0 Å². The summed E-state index contributed by atoms with van der Waals surface area (Å²) in [5.41, 5.74) is 2.81. The van der Waals surface area contributed by atoms with Gasteiger partial charge in [-0.15, -0.1) is 0 Å². The molecule has 0 aliphatic carbocycles. The molecule has 2 amide bonds. The third-order valence-corrected chi connectivity index (χ3v) is 6.36. The minimum atomic E-state index is -0.236. The lowest BCUT2D eigenvalue weighted by Gasteiger charge is -2.27. The first-order chi connectivity index (χ1) is 17.0. The summed E-state index contributed by atoms with van der Waals surface area (Å²) in [5, 5.41) is 4.32. The number of carbonyl (C=O) groups excluding carboxylic acids is 2. The third-order valence-electron chi connectivity index (χ3n) is 6.07. The second-order valence-electron chi connectivity index (χ2n) is 8.28. The highest BCUT2D eigenvalue weighted by molar-refractivity contribution is 7.80. The van der Waals surface area contributed by atoms with Crippen LogP contribution in [0.25, 0.3) is 17.0 Å². The van der Waals surface area contributed by atoms with Gasteiger partial charge < -0.3 is 24.3 Å². The number of hydrogen-bond donors (Lipinski definition) is 1. The predicted molar refractivity (Wildman–Crippen MR) is 138 cm³/mol. The summed E-state index contributed by atoms with van der Waals surface area (Å²) in [6.45, 7) is 5.05. The molecule has 5 rings (SSSR count). The fourth-order valence-corrected chi connectivity index (χ4v) is 4.66. The highest BCUT2D eigenvalue weighted by atomic mass is 32.1. The smallest absolute Gasteiger partial charge is 0.281 e. The van der Waals surface area contributed by atoms with Crippen LogP contribution in [-0.2, 0) is 20.9 Å². The molecule has 2 aromatic carbocycles. The first-order valence-corrected chi connectivity index (χ1v) is 12.0. The fourth-order valence-electron chi connectivity index (χ4n) is 4.36. The molecule has 2 fully saturated rings. The molecular weight excluding hydrogens is 464 g/mol. The average Bonchev–Trinajstić information content (AvgIpc) is 3.36. The number of carbonyl (C=O) groups is 2. The number of aromatic nitrogens is 1. The molecule has 0 spiro atoms. The van der Waals surface area contributed by atoms with E-state index in [0.29, 0.717) is 49.4 Å². The van der Waals surface area contributed by atoms with Crippen molar-refractivity contribution in [3.8, 4) is 5.75 Å². The summed E-state index contributed by atoms with van der Waals surface area (Å²) in [6.07, 6.45) is 3.70. The van der Waals surface area contributed by atoms with Crippen molar-refractivity contribution >= 4 is 51.8 Å². The summed E-state index contributed by atoms with van der Waals surface area (Å²) >= 11 is 5.46. The predicted octanol–water partition coefficient (Wildman–Crippen LogP) is 3.16. The normalized spacial score (nSPS) is 17.3. The molecule has 2 aliphatic rings. The Morgan fingerprint density at radius 2 is 1.89 bits per heavy atom. The lowest BCUT2D eigenvalue weighted by molar-refractivity contribution is -0.135. The zero-order valence-electron chi connectivity index (χ0n) is 19.4. The SMILES string of the molecule is CCOc1ccc(N2C(=O)/C(=C/c3cn(CC(=O)N4CCOCC4)c4ccccc34)NC2=S)cc1. The Morgan fingerprint density at radius 3 is 2.63 bits per heavy atom. The second-order valence-corrected chi connectivity index (χ2v) is 8.66. The molecule has 8 nitrogen and oxygen atoms in total. The molecule has 9 heteroatoms. The van der Waals surface area contributed by atoms with Crippen LogP contribution in [0.4, 0.5) is 5.69 Å². The van der Waals surface area contributed by atoms with Gasteiger partial charge in [-0.1, -0.05) is 18.2 Å². The van der Waals surface area contributed by atoms with Crippen molar-refractivity contribution in [1.82, 2.24) is 14.8 Å². The highest BCUT2D eigenvalue weighted by Gasteiger charge is 2.32. The van der Waals surface area contributed by atoms with E-state index in [9.17, 15) is 9.59 Å². The standard InChI is InChI=1S/C26H26N4O4S/c1-2-34-20-9-7-19(8-10-20)30-25(32)22(27-26(30)35)15-18-16-29(23-6-4-3-5-21(18)23)17-24(31)28-11-13-33-14-12-28/h3-10,15-16H,2,11-14,17H2,1H3,(H,27,35)/b22-15-. The number of fused-ring (bicyclic) bond motifs is 1. The lowest BCUT2D eigenvalue weighted by atomic mass is 10.1. The van der Waals surface area contributed by atoms with Gasteiger partial charge in [-0.05, 0) is 55.5 Å². The first-order valence-electron chi connectivity index (χ1n) is 11.6. The summed E-state index contributed by atoms with van der Waals surface area (Å²) in [5.74, 6) is 0.545. The minimum Gasteiger partial charge on any atom is -0.494 e. The largest absolute Gasteiger partial charge is 0.494 e. The maximum atomic E-state index is 13.3. The van der Waals surface area contributed by atoms with Crippen LogP contribution < -0.4 is 15.0 Å². The van der Waals surface area contributed by atoms with E-state index in [1.54, 1.807) is 6.08 Å². The fraction of sp³-hybridized carbons (Fsp3) is 0.269. The van der Waals surface area contributed by atoms with E-state index in [4.69, 9.17) is 21.7 Å². The average molecular weight is 491 g/mol. The molecule has 0 radical (unpaired) electrons. The van der Waals surface area contributed by atoms with Crippen LogP contribution in [0.3, 0.4) is 0 Å². The van der Waals surface area contributed by atoms with Gasteiger partial charge >= 0.3 is 0 Å². The van der Waals surface area contributed by atoms with Crippen LogP contribution in [0.1, 0.15) is 12.5 Å². The van der Waals surface area contributed by atoms with E-state index in [0.717, 1.165) is 22.2 Å². The van der Waals surface area contributed by atoms with Gasteiger partial charge in [0.2, 0.25) is 5.91 Å². The topological polar surface area (TPSA) is 76.0 Å². The van der Waals surface area contributed by atoms with Gasteiger partial charge in [-0.25, -0.2) is 0 Å². The van der Waals surface area contributed by atoms with Crippen LogP contribution in [0.5, 0.6) is 5.75 Å². The number of nitrogens with zero attached hydrogens (tertiary/aromatic N) is 3. The Balaban J connectivity index is 1.42. The molecule has 2 aliphatic heterocycles. The molecule has 0 saturated carbocycles. The van der Waals surface area contributed by atoms with Crippen molar-refractivity contribution in [3.05, 3.63) is 66.0 Å². The number of nitrogens with one attached hydrogen (secondary N) is 1. The van der Waals surface area contributed by atoms with Gasteiger partial charge in [0, 0.05) is 35.8 Å². The number of benzene rings is 2. The molecule has 0 bridgehead atoms. The van der Waals surface area contributed by atoms with E-state index in [2.05, 4.69) is 5.32 Å². The Bertz CT molecular complexity index is 1310. The number of rotatable bonds is 6. The van der Waals surface area contributed by atoms with Crippen molar-refractivity contribution in [3.63, 3.8) is 0 Å². The molecule has 1 N–H and O–H groups in total. The molecule has 180 valence electrons. The van der Waals surface area contributed by atoms with Crippen LogP contribution in [-0.4, -0.2) is 59.3 Å². The lowest BCUT2D eigenvalue weighted by Crippen LogP contribution is -2.42. The number of anilines is 1. The Hall–Kier alpha value is -3.69. The number of morpholine rings is 1. The molecule has 3 aromatic rings. The van der Waals surface area contributed by atoms with Gasteiger partial charge in [0.1, 0.15) is 18.0 Å². The van der Waals surface area contributed by atoms with Crippen molar-refractivity contribution < 1.29 is 19.1 Å². The van der Waals surface area contributed by atoms with Gasteiger partial charge in [0.15, 0.2) is 5.11 Å². The summed E-state index contributed by atoms with van der Waals surface area (Å²) < 4.78 is 12.8. The van der Waals surface area contributed by atoms with Gasteiger partial charge in [-0.3, -0.25) is 14.5 Å². The zero-order valence-corrected chi connectivity index (χ0v) is 20.2. The number of para-hydroxylation sites is 1. The molecule has 35 heavy (non-hydrogen) atoms. The summed E-state index contributed by atoms with van der Waals surface area (Å²) in [7, 11) is 0. The number of hydrogen-bond acceptors (Lipinski definition) is 5.